The number of ether oxygens (including phenoxy) is 1. The van der Waals surface area contributed by atoms with Gasteiger partial charge in [0, 0.05) is 5.02 Å². The molecule has 1 unspecified atom stereocenters. The van der Waals surface area contributed by atoms with Crippen LogP contribution in [0.25, 0.3) is 0 Å². The van der Waals surface area contributed by atoms with E-state index in [0.717, 1.165) is 18.4 Å². The Kier molecular flexibility index (Phi) is 4.13. The van der Waals surface area contributed by atoms with Crippen LogP contribution in [0.1, 0.15) is 38.2 Å². The molecular formula is C17H20ClNO3. The molecule has 2 atom stereocenters. The van der Waals surface area contributed by atoms with Crippen molar-refractivity contribution in [2.45, 2.75) is 38.6 Å². The lowest BCUT2D eigenvalue weighted by Gasteiger charge is -2.27. The Hall–Kier alpha value is -1.55. The standard InChI is InChI=1S/C17H20ClNO3/c1-10(2)14-9-22-17(21)19(14)16(20)15(11-3-4-11)12-5-7-13(18)8-6-12/h5-8,10-11,14-15H,3-4,9H2,1-2H3/t14-,15?/m1/s1. The fourth-order valence-electron chi connectivity index (χ4n) is 3.05. The number of rotatable bonds is 4. The average molecular weight is 322 g/mol. The van der Waals surface area contributed by atoms with Gasteiger partial charge in [-0.3, -0.25) is 4.79 Å². The Morgan fingerprint density at radius 2 is 1.91 bits per heavy atom. The number of carbonyl (C=O) groups excluding carboxylic acids is 2. The number of halogens is 1. The van der Waals surface area contributed by atoms with Crippen molar-refractivity contribution >= 4 is 23.6 Å². The zero-order valence-electron chi connectivity index (χ0n) is 12.8. The molecule has 22 heavy (non-hydrogen) atoms. The van der Waals surface area contributed by atoms with E-state index in [1.807, 2.05) is 26.0 Å². The highest BCUT2D eigenvalue weighted by Gasteiger charge is 2.46. The molecule has 0 radical (unpaired) electrons. The molecule has 2 aliphatic rings. The van der Waals surface area contributed by atoms with Gasteiger partial charge >= 0.3 is 6.09 Å². The second-order valence-corrected chi connectivity index (χ2v) is 6.90. The monoisotopic (exact) mass is 321 g/mol. The third-order valence-electron chi connectivity index (χ3n) is 4.50. The second-order valence-electron chi connectivity index (χ2n) is 6.46. The van der Waals surface area contributed by atoms with Crippen LogP contribution in [0.3, 0.4) is 0 Å². The number of carbonyl (C=O) groups is 2. The van der Waals surface area contributed by atoms with Crippen molar-refractivity contribution in [1.29, 1.82) is 0 Å². The van der Waals surface area contributed by atoms with Gasteiger partial charge in [-0.2, -0.15) is 0 Å². The van der Waals surface area contributed by atoms with E-state index < -0.39 is 6.09 Å². The Bertz CT molecular complexity index is 580. The zero-order chi connectivity index (χ0) is 15.9. The normalized spacial score (nSPS) is 22.8. The van der Waals surface area contributed by atoms with Crippen molar-refractivity contribution in [3.63, 3.8) is 0 Å². The van der Waals surface area contributed by atoms with Crippen molar-refractivity contribution in [3.8, 4) is 0 Å². The maximum Gasteiger partial charge on any atom is 0.417 e. The first-order chi connectivity index (χ1) is 10.5. The third kappa shape index (κ3) is 2.84. The average Bonchev–Trinajstić information content (AvgIpc) is 3.22. The summed E-state index contributed by atoms with van der Waals surface area (Å²) in [4.78, 5) is 26.4. The van der Waals surface area contributed by atoms with E-state index in [0.29, 0.717) is 17.5 Å². The van der Waals surface area contributed by atoms with Crippen LogP contribution in [0.2, 0.25) is 5.02 Å². The summed E-state index contributed by atoms with van der Waals surface area (Å²) in [5.74, 6) is 0.0885. The van der Waals surface area contributed by atoms with Crippen LogP contribution in [0, 0.1) is 11.8 Å². The Morgan fingerprint density at radius 1 is 1.27 bits per heavy atom. The summed E-state index contributed by atoms with van der Waals surface area (Å²) < 4.78 is 5.11. The molecule has 1 heterocycles. The SMILES string of the molecule is CC(C)[C@H]1COC(=O)N1C(=O)C(c1ccc(Cl)cc1)C1CC1. The van der Waals surface area contributed by atoms with Gasteiger partial charge in [-0.1, -0.05) is 37.6 Å². The van der Waals surface area contributed by atoms with Gasteiger partial charge < -0.3 is 4.74 Å². The van der Waals surface area contributed by atoms with Crippen LogP contribution in [0.4, 0.5) is 4.79 Å². The number of cyclic esters (lactones) is 1. The van der Waals surface area contributed by atoms with Crippen LogP contribution >= 0.6 is 11.6 Å². The van der Waals surface area contributed by atoms with E-state index >= 15 is 0 Å². The first kappa shape index (κ1) is 15.3. The number of amides is 2. The Balaban J connectivity index is 1.89. The van der Waals surface area contributed by atoms with E-state index in [1.54, 1.807) is 12.1 Å². The number of hydrogen-bond donors (Lipinski definition) is 0. The van der Waals surface area contributed by atoms with Crippen LogP contribution in [-0.4, -0.2) is 29.5 Å². The summed E-state index contributed by atoms with van der Waals surface area (Å²) in [6, 6.07) is 7.18. The summed E-state index contributed by atoms with van der Waals surface area (Å²) in [5.41, 5.74) is 0.930. The predicted molar refractivity (Wildman–Crippen MR) is 83.7 cm³/mol. The van der Waals surface area contributed by atoms with E-state index in [9.17, 15) is 9.59 Å². The van der Waals surface area contributed by atoms with Crippen molar-refractivity contribution in [1.82, 2.24) is 4.90 Å². The molecular weight excluding hydrogens is 302 g/mol. The summed E-state index contributed by atoms with van der Waals surface area (Å²) in [6.45, 7) is 4.29. The third-order valence-corrected chi connectivity index (χ3v) is 4.75. The second kappa shape index (κ2) is 5.92. The van der Waals surface area contributed by atoms with Crippen molar-refractivity contribution in [2.24, 2.45) is 11.8 Å². The molecule has 1 aliphatic heterocycles. The van der Waals surface area contributed by atoms with Gasteiger partial charge in [0.25, 0.3) is 0 Å². The largest absolute Gasteiger partial charge is 0.447 e. The summed E-state index contributed by atoms with van der Waals surface area (Å²) >= 11 is 5.94. The maximum absolute atomic E-state index is 13.0. The maximum atomic E-state index is 13.0. The Labute approximate surface area is 135 Å². The number of benzene rings is 1. The molecule has 1 aromatic carbocycles. The molecule has 118 valence electrons. The molecule has 2 fully saturated rings. The number of nitrogens with zero attached hydrogens (tertiary/aromatic N) is 1. The van der Waals surface area contributed by atoms with Crippen LogP contribution in [0.15, 0.2) is 24.3 Å². The molecule has 0 bridgehead atoms. The molecule has 1 aromatic rings. The molecule has 1 saturated heterocycles. The van der Waals surface area contributed by atoms with Crippen molar-refractivity contribution in [2.75, 3.05) is 6.61 Å². The van der Waals surface area contributed by atoms with Crippen molar-refractivity contribution < 1.29 is 14.3 Å². The smallest absolute Gasteiger partial charge is 0.417 e. The van der Waals surface area contributed by atoms with Crippen molar-refractivity contribution in [3.05, 3.63) is 34.9 Å². The van der Waals surface area contributed by atoms with Gasteiger partial charge in [0.1, 0.15) is 6.61 Å². The van der Waals surface area contributed by atoms with Gasteiger partial charge in [-0.15, -0.1) is 0 Å². The molecule has 1 saturated carbocycles. The minimum Gasteiger partial charge on any atom is -0.447 e. The molecule has 1 aliphatic carbocycles. The minimum atomic E-state index is -0.511. The van der Waals surface area contributed by atoms with E-state index in [4.69, 9.17) is 16.3 Å². The predicted octanol–water partition coefficient (Wildman–Crippen LogP) is 3.84. The van der Waals surface area contributed by atoms with Gasteiger partial charge in [-0.05, 0) is 42.4 Å². The molecule has 3 rings (SSSR count). The van der Waals surface area contributed by atoms with Gasteiger partial charge in [0.2, 0.25) is 5.91 Å². The highest BCUT2D eigenvalue weighted by Crippen LogP contribution is 2.44. The van der Waals surface area contributed by atoms with E-state index in [2.05, 4.69) is 0 Å². The summed E-state index contributed by atoms with van der Waals surface area (Å²) in [6.07, 6.45) is 1.53. The Morgan fingerprint density at radius 3 is 2.45 bits per heavy atom. The summed E-state index contributed by atoms with van der Waals surface area (Å²) in [7, 11) is 0. The molecule has 0 N–H and O–H groups in total. The lowest BCUT2D eigenvalue weighted by Crippen LogP contribution is -2.44. The van der Waals surface area contributed by atoms with Gasteiger partial charge in [-0.25, -0.2) is 9.69 Å². The lowest BCUT2D eigenvalue weighted by atomic mass is 9.91. The lowest BCUT2D eigenvalue weighted by molar-refractivity contribution is -0.131. The molecule has 0 aromatic heterocycles. The zero-order valence-corrected chi connectivity index (χ0v) is 13.5. The number of imide groups is 1. The van der Waals surface area contributed by atoms with Crippen LogP contribution in [-0.2, 0) is 9.53 Å². The quantitative estimate of drug-likeness (QED) is 0.846. The number of hydrogen-bond acceptors (Lipinski definition) is 3. The molecule has 4 nitrogen and oxygen atoms in total. The van der Waals surface area contributed by atoms with Gasteiger partial charge in [0.05, 0.1) is 12.0 Å². The van der Waals surface area contributed by atoms with E-state index in [1.165, 1.54) is 4.90 Å². The highest BCUT2D eigenvalue weighted by atomic mass is 35.5. The molecule has 0 spiro atoms. The van der Waals surface area contributed by atoms with Crippen LogP contribution < -0.4 is 0 Å². The first-order valence-corrected chi connectivity index (χ1v) is 8.12. The molecule has 5 heteroatoms. The fraction of sp³-hybridized carbons (Fsp3) is 0.529. The highest BCUT2D eigenvalue weighted by molar-refractivity contribution is 6.30. The minimum absolute atomic E-state index is 0.133. The molecule has 2 amide bonds. The van der Waals surface area contributed by atoms with Gasteiger partial charge in [0.15, 0.2) is 0 Å². The fourth-order valence-corrected chi connectivity index (χ4v) is 3.17. The topological polar surface area (TPSA) is 46.6 Å². The van der Waals surface area contributed by atoms with E-state index in [-0.39, 0.29) is 23.8 Å². The first-order valence-electron chi connectivity index (χ1n) is 7.74. The summed E-state index contributed by atoms with van der Waals surface area (Å²) in [5, 5.41) is 0.645. The van der Waals surface area contributed by atoms with Crippen LogP contribution in [0.5, 0.6) is 0 Å².